The quantitative estimate of drug-likeness (QED) is 0.512. The summed E-state index contributed by atoms with van der Waals surface area (Å²) in [6.07, 6.45) is 2.86. The number of nitrogens with two attached hydrogens (primary N) is 1. The Balaban J connectivity index is 1.78. The van der Waals surface area contributed by atoms with Crippen molar-refractivity contribution in [2.24, 2.45) is 0 Å². The summed E-state index contributed by atoms with van der Waals surface area (Å²) in [7, 11) is 0. The van der Waals surface area contributed by atoms with Crippen LogP contribution in [0.4, 0.5) is 11.6 Å². The second-order valence-corrected chi connectivity index (χ2v) is 7.54. The molecule has 1 fully saturated rings. The molecule has 0 spiro atoms. The number of rotatable bonds is 3. The number of phenolic OH excluding ortho intramolecular Hbond substituents is 1. The van der Waals surface area contributed by atoms with E-state index in [2.05, 4.69) is 16.0 Å². The fourth-order valence-electron chi connectivity index (χ4n) is 4.28. The Morgan fingerprint density at radius 2 is 1.94 bits per heavy atom. The minimum Gasteiger partial charge on any atom is -0.507 e. The molecule has 0 radical (unpaired) electrons. The summed E-state index contributed by atoms with van der Waals surface area (Å²) in [6.45, 7) is 0.624. The SMILES string of the molecule is N#Cc1c(N)ncnc1N1CCC[C@H]1c1nc2cccc(O)c2c(=O)n1-c1ccccc1. The molecule has 2 aromatic carbocycles. The topological polar surface area (TPSA) is 134 Å². The van der Waals surface area contributed by atoms with Crippen molar-refractivity contribution in [1.82, 2.24) is 19.5 Å². The van der Waals surface area contributed by atoms with Crippen molar-refractivity contribution >= 4 is 22.5 Å². The van der Waals surface area contributed by atoms with Crippen molar-refractivity contribution in [3.63, 3.8) is 0 Å². The summed E-state index contributed by atoms with van der Waals surface area (Å²) in [4.78, 5) is 28.6. The minimum atomic E-state index is -0.358. The first kappa shape index (κ1) is 19.5. The Kier molecular flexibility index (Phi) is 4.67. The van der Waals surface area contributed by atoms with Gasteiger partial charge in [0.15, 0.2) is 5.82 Å². The number of fused-ring (bicyclic) bond motifs is 1. The molecular weight excluding hydrogens is 406 g/mol. The maximum Gasteiger partial charge on any atom is 0.269 e. The molecule has 1 saturated heterocycles. The molecule has 9 heteroatoms. The molecule has 1 atom stereocenters. The number of hydrogen-bond acceptors (Lipinski definition) is 8. The molecular formula is C23H19N7O2. The van der Waals surface area contributed by atoms with E-state index in [1.807, 2.05) is 35.2 Å². The molecule has 5 rings (SSSR count). The molecule has 0 aliphatic carbocycles. The van der Waals surface area contributed by atoms with E-state index in [-0.39, 0.29) is 34.1 Å². The Bertz CT molecular complexity index is 1430. The second kappa shape index (κ2) is 7.67. The molecule has 3 heterocycles. The lowest BCUT2D eigenvalue weighted by Crippen LogP contribution is -2.32. The molecule has 0 amide bonds. The summed E-state index contributed by atoms with van der Waals surface area (Å²) < 4.78 is 1.53. The molecule has 158 valence electrons. The van der Waals surface area contributed by atoms with Gasteiger partial charge in [-0.1, -0.05) is 24.3 Å². The minimum absolute atomic E-state index is 0.111. The maximum absolute atomic E-state index is 13.6. The first-order chi connectivity index (χ1) is 15.6. The van der Waals surface area contributed by atoms with Crippen LogP contribution in [0, 0.1) is 11.3 Å². The fourth-order valence-corrected chi connectivity index (χ4v) is 4.28. The van der Waals surface area contributed by atoms with Gasteiger partial charge in [-0.25, -0.2) is 15.0 Å². The Morgan fingerprint density at radius 3 is 2.72 bits per heavy atom. The van der Waals surface area contributed by atoms with Crippen molar-refractivity contribution in [2.75, 3.05) is 17.2 Å². The Hall–Kier alpha value is -4.45. The van der Waals surface area contributed by atoms with Crippen LogP contribution in [0.5, 0.6) is 5.75 Å². The number of para-hydroxylation sites is 1. The van der Waals surface area contributed by atoms with E-state index in [9.17, 15) is 15.2 Å². The third-order valence-corrected chi connectivity index (χ3v) is 5.71. The van der Waals surface area contributed by atoms with Crippen molar-refractivity contribution in [3.05, 3.63) is 76.6 Å². The molecule has 0 bridgehead atoms. The van der Waals surface area contributed by atoms with Gasteiger partial charge in [0, 0.05) is 6.54 Å². The van der Waals surface area contributed by atoms with Gasteiger partial charge in [0.2, 0.25) is 0 Å². The van der Waals surface area contributed by atoms with Crippen LogP contribution in [0.1, 0.15) is 30.3 Å². The highest BCUT2D eigenvalue weighted by atomic mass is 16.3. The predicted molar refractivity (Wildman–Crippen MR) is 119 cm³/mol. The molecule has 3 N–H and O–H groups in total. The van der Waals surface area contributed by atoms with E-state index in [4.69, 9.17) is 10.7 Å². The summed E-state index contributed by atoms with van der Waals surface area (Å²) >= 11 is 0. The fraction of sp³-hybridized carbons (Fsp3) is 0.174. The molecule has 4 aromatic rings. The predicted octanol–water partition coefficient (Wildman–Crippen LogP) is 2.68. The summed E-state index contributed by atoms with van der Waals surface area (Å²) in [5, 5.41) is 20.2. The number of phenols is 1. The first-order valence-electron chi connectivity index (χ1n) is 10.2. The van der Waals surface area contributed by atoms with Gasteiger partial charge < -0.3 is 15.7 Å². The van der Waals surface area contributed by atoms with E-state index < -0.39 is 0 Å². The Labute approximate surface area is 183 Å². The first-order valence-corrected chi connectivity index (χ1v) is 10.2. The standard InChI is InChI=1S/C23H19N7O2/c24-12-15-20(25)26-13-27-21(15)29-11-5-9-17(29)22-28-16-8-4-10-18(31)19(16)23(32)30(22)14-6-2-1-3-7-14/h1-4,6-8,10,13,17,31H,5,9,11H2,(H2,25,26,27)/t17-/m0/s1. The highest BCUT2D eigenvalue weighted by Gasteiger charge is 2.34. The van der Waals surface area contributed by atoms with Gasteiger partial charge in [0.05, 0.1) is 17.2 Å². The zero-order chi connectivity index (χ0) is 22.2. The van der Waals surface area contributed by atoms with E-state index in [1.165, 1.54) is 17.0 Å². The van der Waals surface area contributed by atoms with Crippen molar-refractivity contribution in [2.45, 2.75) is 18.9 Å². The third kappa shape index (κ3) is 3.01. The molecule has 1 aliphatic rings. The number of hydrogen-bond donors (Lipinski definition) is 2. The van der Waals surface area contributed by atoms with Crippen LogP contribution >= 0.6 is 0 Å². The van der Waals surface area contributed by atoms with Gasteiger partial charge in [-0.05, 0) is 37.1 Å². The number of nitrogens with zero attached hydrogens (tertiary/aromatic N) is 6. The number of nitrogen functional groups attached to an aromatic ring is 1. The lowest BCUT2D eigenvalue weighted by Gasteiger charge is -2.28. The number of anilines is 2. The van der Waals surface area contributed by atoms with Crippen LogP contribution in [0.15, 0.2) is 59.7 Å². The highest BCUT2D eigenvalue weighted by molar-refractivity contribution is 5.84. The lowest BCUT2D eigenvalue weighted by molar-refractivity contribution is 0.480. The van der Waals surface area contributed by atoms with Crippen LogP contribution in [0.25, 0.3) is 16.6 Å². The number of nitriles is 1. The van der Waals surface area contributed by atoms with E-state index >= 15 is 0 Å². The largest absolute Gasteiger partial charge is 0.507 e. The zero-order valence-electron chi connectivity index (χ0n) is 17.0. The van der Waals surface area contributed by atoms with E-state index in [0.717, 1.165) is 6.42 Å². The van der Waals surface area contributed by atoms with Crippen LogP contribution in [-0.4, -0.2) is 31.2 Å². The molecule has 2 aromatic heterocycles. The summed E-state index contributed by atoms with van der Waals surface area (Å²) in [5.74, 6) is 0.931. The molecule has 1 aliphatic heterocycles. The zero-order valence-corrected chi connectivity index (χ0v) is 17.0. The average Bonchev–Trinajstić information content (AvgIpc) is 3.29. The van der Waals surface area contributed by atoms with Gasteiger partial charge in [0.1, 0.15) is 40.7 Å². The van der Waals surface area contributed by atoms with Crippen LogP contribution in [-0.2, 0) is 0 Å². The number of benzene rings is 2. The van der Waals surface area contributed by atoms with E-state index in [1.54, 1.807) is 12.1 Å². The lowest BCUT2D eigenvalue weighted by atomic mass is 10.1. The smallest absolute Gasteiger partial charge is 0.269 e. The average molecular weight is 425 g/mol. The van der Waals surface area contributed by atoms with Gasteiger partial charge in [-0.15, -0.1) is 0 Å². The maximum atomic E-state index is 13.6. The monoisotopic (exact) mass is 425 g/mol. The summed E-state index contributed by atoms with van der Waals surface area (Å²) in [5.41, 5.74) is 6.81. The molecule has 9 nitrogen and oxygen atoms in total. The third-order valence-electron chi connectivity index (χ3n) is 5.71. The second-order valence-electron chi connectivity index (χ2n) is 7.54. The normalized spacial score (nSPS) is 15.7. The highest BCUT2D eigenvalue weighted by Crippen LogP contribution is 2.37. The van der Waals surface area contributed by atoms with Gasteiger partial charge in [-0.2, -0.15) is 5.26 Å². The van der Waals surface area contributed by atoms with Crippen molar-refractivity contribution in [1.29, 1.82) is 5.26 Å². The van der Waals surface area contributed by atoms with Crippen LogP contribution in [0.2, 0.25) is 0 Å². The van der Waals surface area contributed by atoms with Gasteiger partial charge in [0.25, 0.3) is 5.56 Å². The molecule has 0 unspecified atom stereocenters. The summed E-state index contributed by atoms with van der Waals surface area (Å²) in [6, 6.07) is 15.8. The van der Waals surface area contributed by atoms with Crippen molar-refractivity contribution in [3.8, 4) is 17.5 Å². The molecule has 32 heavy (non-hydrogen) atoms. The van der Waals surface area contributed by atoms with Crippen LogP contribution < -0.4 is 16.2 Å². The van der Waals surface area contributed by atoms with Crippen LogP contribution in [0.3, 0.4) is 0 Å². The Morgan fingerprint density at radius 1 is 1.12 bits per heavy atom. The van der Waals surface area contributed by atoms with Gasteiger partial charge in [-0.3, -0.25) is 9.36 Å². The van der Waals surface area contributed by atoms with E-state index in [0.29, 0.717) is 35.8 Å². The van der Waals surface area contributed by atoms with Crippen molar-refractivity contribution < 1.29 is 5.11 Å². The van der Waals surface area contributed by atoms with Gasteiger partial charge >= 0.3 is 0 Å². The number of aromatic nitrogens is 4. The number of aromatic hydroxyl groups is 1. The molecule has 0 saturated carbocycles.